The minimum Gasteiger partial charge on any atom is -0.461 e. The second-order valence-electron chi connectivity index (χ2n) is 5.97. The fourth-order valence-electron chi connectivity index (χ4n) is 3.00. The largest absolute Gasteiger partial charge is 0.461 e. The van der Waals surface area contributed by atoms with Crippen molar-refractivity contribution in [3.05, 3.63) is 53.3 Å². The van der Waals surface area contributed by atoms with E-state index in [2.05, 4.69) is 21.8 Å². The van der Waals surface area contributed by atoms with Gasteiger partial charge in [-0.15, -0.1) is 0 Å². The molecule has 1 aliphatic carbocycles. The first kappa shape index (κ1) is 14.1. The first-order chi connectivity index (χ1) is 11.3. The lowest BCUT2D eigenvalue weighted by Crippen LogP contribution is -2.07. The second kappa shape index (κ2) is 5.57. The van der Waals surface area contributed by atoms with Crippen LogP contribution in [0.25, 0.3) is 11.0 Å². The Labute approximate surface area is 134 Å². The molecule has 1 aromatic carbocycles. The van der Waals surface area contributed by atoms with Gasteiger partial charge in [-0.3, -0.25) is 4.68 Å². The Kier molecular flexibility index (Phi) is 3.41. The molecule has 4 rings (SSSR count). The molecule has 2 heterocycles. The molecule has 1 aliphatic rings. The van der Waals surface area contributed by atoms with Gasteiger partial charge in [-0.05, 0) is 31.4 Å². The predicted octanol–water partition coefficient (Wildman–Crippen LogP) is 3.47. The van der Waals surface area contributed by atoms with Crippen LogP contribution in [-0.2, 0) is 11.3 Å². The summed E-state index contributed by atoms with van der Waals surface area (Å²) in [4.78, 5) is 15.1. The quantitative estimate of drug-likeness (QED) is 0.734. The number of aromatic nitrogens is 3. The zero-order valence-corrected chi connectivity index (χ0v) is 13.1. The highest BCUT2D eigenvalue weighted by Gasteiger charge is 2.31. The molecule has 1 N–H and O–H groups in total. The van der Waals surface area contributed by atoms with Crippen LogP contribution in [-0.4, -0.2) is 27.3 Å². The number of nitrogens with one attached hydrogen (secondary N) is 1. The number of hydrogen-bond acceptors (Lipinski definition) is 3. The standard InChI is InChI=1S/C18H19N3O2/c1-2-23-18(22)15-10-14-16(19-15)17(13-8-9-13)21(20-14)11-12-6-4-3-5-7-12/h3-7,10,13,19H,2,8-9,11H2,1H3. The number of carbonyl (C=O) groups is 1. The van der Waals surface area contributed by atoms with Gasteiger partial charge in [-0.1, -0.05) is 30.3 Å². The van der Waals surface area contributed by atoms with Gasteiger partial charge in [0.05, 0.1) is 24.4 Å². The molecule has 2 aromatic heterocycles. The Morgan fingerprint density at radius 1 is 1.35 bits per heavy atom. The second-order valence-corrected chi connectivity index (χ2v) is 5.97. The van der Waals surface area contributed by atoms with Crippen LogP contribution >= 0.6 is 0 Å². The summed E-state index contributed by atoms with van der Waals surface area (Å²) in [7, 11) is 0. The molecule has 23 heavy (non-hydrogen) atoms. The number of H-pyrrole nitrogens is 1. The summed E-state index contributed by atoms with van der Waals surface area (Å²) in [6, 6.07) is 12.1. The fraction of sp³-hybridized carbons (Fsp3) is 0.333. The predicted molar refractivity (Wildman–Crippen MR) is 87.6 cm³/mol. The molecule has 0 saturated heterocycles. The zero-order valence-electron chi connectivity index (χ0n) is 13.1. The lowest BCUT2D eigenvalue weighted by Gasteiger charge is -2.07. The van der Waals surface area contributed by atoms with Crippen molar-refractivity contribution in [3.63, 3.8) is 0 Å². The van der Waals surface area contributed by atoms with Crippen LogP contribution in [0.5, 0.6) is 0 Å². The van der Waals surface area contributed by atoms with E-state index in [0.717, 1.165) is 17.6 Å². The van der Waals surface area contributed by atoms with E-state index in [-0.39, 0.29) is 5.97 Å². The summed E-state index contributed by atoms with van der Waals surface area (Å²) < 4.78 is 7.14. The van der Waals surface area contributed by atoms with E-state index in [0.29, 0.717) is 18.2 Å². The lowest BCUT2D eigenvalue weighted by molar-refractivity contribution is 0.0520. The van der Waals surface area contributed by atoms with Gasteiger partial charge in [0.2, 0.25) is 0 Å². The van der Waals surface area contributed by atoms with E-state index >= 15 is 0 Å². The monoisotopic (exact) mass is 309 g/mol. The van der Waals surface area contributed by atoms with Crippen LogP contribution in [0.15, 0.2) is 36.4 Å². The van der Waals surface area contributed by atoms with Gasteiger partial charge in [0.25, 0.3) is 0 Å². The molecule has 0 amide bonds. The minimum absolute atomic E-state index is 0.318. The molecule has 3 aromatic rings. The SMILES string of the molecule is CCOC(=O)c1cc2nn(Cc3ccccc3)c(C3CC3)c2[nH]1. The third kappa shape index (κ3) is 2.63. The molecule has 0 radical (unpaired) electrons. The summed E-state index contributed by atoms with van der Waals surface area (Å²) in [5, 5.41) is 4.71. The van der Waals surface area contributed by atoms with Crippen molar-refractivity contribution < 1.29 is 9.53 Å². The molecule has 5 heteroatoms. The van der Waals surface area contributed by atoms with Gasteiger partial charge in [-0.2, -0.15) is 5.10 Å². The van der Waals surface area contributed by atoms with Crippen LogP contribution in [0.3, 0.4) is 0 Å². The van der Waals surface area contributed by atoms with Crippen molar-refractivity contribution in [2.75, 3.05) is 6.61 Å². The highest BCUT2D eigenvalue weighted by Crippen LogP contribution is 2.43. The maximum absolute atomic E-state index is 11.9. The van der Waals surface area contributed by atoms with Gasteiger partial charge < -0.3 is 9.72 Å². The highest BCUT2D eigenvalue weighted by atomic mass is 16.5. The molecular weight excluding hydrogens is 290 g/mol. The summed E-state index contributed by atoms with van der Waals surface area (Å²) in [5.74, 6) is 0.222. The number of ether oxygens (including phenoxy) is 1. The van der Waals surface area contributed by atoms with Crippen molar-refractivity contribution in [3.8, 4) is 0 Å². The van der Waals surface area contributed by atoms with E-state index in [4.69, 9.17) is 9.84 Å². The number of rotatable bonds is 5. The third-order valence-corrected chi connectivity index (χ3v) is 4.19. The smallest absolute Gasteiger partial charge is 0.354 e. The Balaban J connectivity index is 1.72. The Morgan fingerprint density at radius 3 is 2.83 bits per heavy atom. The number of nitrogens with zero attached hydrogens (tertiary/aromatic N) is 2. The maximum Gasteiger partial charge on any atom is 0.354 e. The molecule has 0 aliphatic heterocycles. The molecule has 0 bridgehead atoms. The first-order valence-electron chi connectivity index (χ1n) is 8.06. The number of fused-ring (bicyclic) bond motifs is 1. The molecule has 1 saturated carbocycles. The Morgan fingerprint density at radius 2 is 2.13 bits per heavy atom. The molecular formula is C18H19N3O2. The van der Waals surface area contributed by atoms with Crippen LogP contribution in [0.2, 0.25) is 0 Å². The molecule has 0 spiro atoms. The van der Waals surface area contributed by atoms with E-state index < -0.39 is 0 Å². The molecule has 118 valence electrons. The molecule has 5 nitrogen and oxygen atoms in total. The minimum atomic E-state index is -0.318. The van der Waals surface area contributed by atoms with Gasteiger partial charge in [0.1, 0.15) is 11.2 Å². The van der Waals surface area contributed by atoms with E-state index in [1.165, 1.54) is 24.1 Å². The van der Waals surface area contributed by atoms with Crippen molar-refractivity contribution in [1.29, 1.82) is 0 Å². The van der Waals surface area contributed by atoms with Crippen LogP contribution in [0.1, 0.15) is 47.4 Å². The van der Waals surface area contributed by atoms with Crippen LogP contribution in [0, 0.1) is 0 Å². The Hall–Kier alpha value is -2.56. The number of benzene rings is 1. The normalized spacial score (nSPS) is 14.3. The Bertz CT molecular complexity index is 844. The molecule has 0 atom stereocenters. The summed E-state index contributed by atoms with van der Waals surface area (Å²) >= 11 is 0. The van der Waals surface area contributed by atoms with Crippen molar-refractivity contribution >= 4 is 17.0 Å². The topological polar surface area (TPSA) is 59.9 Å². The summed E-state index contributed by atoms with van der Waals surface area (Å²) in [6.07, 6.45) is 2.37. The highest BCUT2D eigenvalue weighted by molar-refractivity contribution is 5.94. The van der Waals surface area contributed by atoms with Crippen molar-refractivity contribution in [2.24, 2.45) is 0 Å². The van der Waals surface area contributed by atoms with Crippen molar-refractivity contribution in [2.45, 2.75) is 32.2 Å². The van der Waals surface area contributed by atoms with Gasteiger partial charge >= 0.3 is 5.97 Å². The average Bonchev–Trinajstić information content (AvgIpc) is 3.20. The van der Waals surface area contributed by atoms with E-state index in [1.807, 2.05) is 25.1 Å². The lowest BCUT2D eigenvalue weighted by atomic mass is 10.2. The maximum atomic E-state index is 11.9. The molecule has 0 unspecified atom stereocenters. The van der Waals surface area contributed by atoms with Gasteiger partial charge in [-0.25, -0.2) is 4.79 Å². The van der Waals surface area contributed by atoms with Crippen LogP contribution < -0.4 is 0 Å². The van der Waals surface area contributed by atoms with Crippen molar-refractivity contribution in [1.82, 2.24) is 14.8 Å². The molecule has 1 fully saturated rings. The number of esters is 1. The summed E-state index contributed by atoms with van der Waals surface area (Å²) in [6.45, 7) is 2.94. The number of aromatic amines is 1. The summed E-state index contributed by atoms with van der Waals surface area (Å²) in [5.41, 5.74) is 4.74. The average molecular weight is 309 g/mol. The fourth-order valence-corrected chi connectivity index (χ4v) is 3.00. The van der Waals surface area contributed by atoms with E-state index in [9.17, 15) is 4.79 Å². The first-order valence-corrected chi connectivity index (χ1v) is 8.06. The van der Waals surface area contributed by atoms with Gasteiger partial charge in [0, 0.05) is 5.92 Å². The van der Waals surface area contributed by atoms with Crippen LogP contribution in [0.4, 0.5) is 0 Å². The number of carbonyl (C=O) groups excluding carboxylic acids is 1. The third-order valence-electron chi connectivity index (χ3n) is 4.19. The zero-order chi connectivity index (χ0) is 15.8. The number of hydrogen-bond donors (Lipinski definition) is 1. The van der Waals surface area contributed by atoms with E-state index in [1.54, 1.807) is 6.07 Å². The van der Waals surface area contributed by atoms with Gasteiger partial charge in [0.15, 0.2) is 0 Å².